The van der Waals surface area contributed by atoms with Crippen molar-refractivity contribution in [1.82, 2.24) is 4.90 Å². The van der Waals surface area contributed by atoms with Crippen LogP contribution < -0.4 is 0 Å². The Kier molecular flexibility index (Phi) is 4.54. The molecule has 2 bridgehead atoms. The lowest BCUT2D eigenvalue weighted by Gasteiger charge is -2.45. The SMILES string of the molecule is C[C@H]1[C@H](C(=O)N2C(=O)OC[C@@H]2Cc2ccccc2)[C@]2(C)CC3(SCCS3)[C@@]1(C)O2. The molecule has 0 N–H and O–H groups in total. The van der Waals surface area contributed by atoms with Crippen LogP contribution >= 0.6 is 23.5 Å². The van der Waals surface area contributed by atoms with Crippen LogP contribution in [0.4, 0.5) is 4.79 Å². The fourth-order valence-corrected chi connectivity index (χ4v) is 9.90. The maximum Gasteiger partial charge on any atom is 0.416 e. The maximum absolute atomic E-state index is 13.7. The van der Waals surface area contributed by atoms with Crippen LogP contribution in [0, 0.1) is 11.8 Å². The van der Waals surface area contributed by atoms with Gasteiger partial charge < -0.3 is 9.47 Å². The van der Waals surface area contributed by atoms with Crippen LogP contribution in [0.2, 0.25) is 0 Å². The zero-order valence-corrected chi connectivity index (χ0v) is 18.7. The molecule has 0 saturated carbocycles. The molecule has 4 aliphatic heterocycles. The second-order valence-electron chi connectivity index (χ2n) is 9.04. The highest BCUT2D eigenvalue weighted by molar-refractivity contribution is 8.21. The molecule has 7 heteroatoms. The fraction of sp³-hybridized carbons (Fsp3) is 0.636. The van der Waals surface area contributed by atoms with Gasteiger partial charge in [-0.15, -0.1) is 23.5 Å². The van der Waals surface area contributed by atoms with E-state index >= 15 is 0 Å². The van der Waals surface area contributed by atoms with Crippen molar-refractivity contribution in [1.29, 1.82) is 0 Å². The van der Waals surface area contributed by atoms with Crippen molar-refractivity contribution in [3.05, 3.63) is 35.9 Å². The zero-order chi connectivity index (χ0) is 20.4. The number of rotatable bonds is 3. The van der Waals surface area contributed by atoms with Gasteiger partial charge in [0.2, 0.25) is 5.91 Å². The topological polar surface area (TPSA) is 55.8 Å². The average molecular weight is 434 g/mol. The van der Waals surface area contributed by atoms with Crippen molar-refractivity contribution in [2.75, 3.05) is 18.1 Å². The van der Waals surface area contributed by atoms with Crippen molar-refractivity contribution < 1.29 is 19.1 Å². The van der Waals surface area contributed by atoms with Crippen LogP contribution in [0.5, 0.6) is 0 Å². The molecule has 1 aromatic carbocycles. The predicted octanol–water partition coefficient (Wildman–Crippen LogP) is 3.96. The van der Waals surface area contributed by atoms with E-state index < -0.39 is 11.7 Å². The highest BCUT2D eigenvalue weighted by Crippen LogP contribution is 2.71. The van der Waals surface area contributed by atoms with Gasteiger partial charge >= 0.3 is 6.09 Å². The molecule has 29 heavy (non-hydrogen) atoms. The van der Waals surface area contributed by atoms with Crippen molar-refractivity contribution in [3.63, 3.8) is 0 Å². The van der Waals surface area contributed by atoms with Gasteiger partial charge in [0, 0.05) is 23.8 Å². The third-order valence-electron chi connectivity index (χ3n) is 7.34. The van der Waals surface area contributed by atoms with Crippen LogP contribution in [0.15, 0.2) is 30.3 Å². The molecule has 1 spiro atoms. The number of hydrogen-bond donors (Lipinski definition) is 0. The van der Waals surface area contributed by atoms with Crippen molar-refractivity contribution in [3.8, 4) is 0 Å². The Morgan fingerprint density at radius 3 is 2.55 bits per heavy atom. The minimum atomic E-state index is -0.546. The van der Waals surface area contributed by atoms with Crippen LogP contribution in [0.25, 0.3) is 0 Å². The van der Waals surface area contributed by atoms with Gasteiger partial charge in [-0.25, -0.2) is 9.69 Å². The van der Waals surface area contributed by atoms with E-state index in [-0.39, 0.29) is 40.1 Å². The second kappa shape index (κ2) is 6.66. The summed E-state index contributed by atoms with van der Waals surface area (Å²) >= 11 is 3.97. The van der Waals surface area contributed by atoms with Gasteiger partial charge in [0.05, 0.1) is 27.2 Å². The fourth-order valence-electron chi connectivity index (χ4n) is 5.93. The summed E-state index contributed by atoms with van der Waals surface area (Å²) in [6.07, 6.45) is 0.946. The molecule has 5 nitrogen and oxygen atoms in total. The number of carbonyl (C=O) groups excluding carboxylic acids is 2. The first-order valence-corrected chi connectivity index (χ1v) is 12.3. The van der Waals surface area contributed by atoms with Gasteiger partial charge in [-0.2, -0.15) is 0 Å². The predicted molar refractivity (Wildman–Crippen MR) is 115 cm³/mol. The molecule has 5 rings (SSSR count). The number of imide groups is 1. The summed E-state index contributed by atoms with van der Waals surface area (Å²) in [5.74, 6) is 1.84. The molecule has 5 atom stereocenters. The maximum atomic E-state index is 13.7. The van der Waals surface area contributed by atoms with Gasteiger partial charge in [-0.3, -0.25) is 4.79 Å². The van der Waals surface area contributed by atoms with Crippen LogP contribution in [-0.4, -0.2) is 56.3 Å². The molecule has 0 unspecified atom stereocenters. The second-order valence-corrected chi connectivity index (χ2v) is 12.1. The number of fused-ring (bicyclic) bond motifs is 3. The van der Waals surface area contributed by atoms with Gasteiger partial charge in [-0.1, -0.05) is 37.3 Å². The number of benzene rings is 1. The van der Waals surface area contributed by atoms with E-state index in [4.69, 9.17) is 9.47 Å². The molecule has 1 aromatic rings. The molecule has 4 heterocycles. The third-order valence-corrected chi connectivity index (χ3v) is 11.2. The van der Waals surface area contributed by atoms with Gasteiger partial charge in [0.1, 0.15) is 6.61 Å². The molecule has 4 fully saturated rings. The minimum absolute atomic E-state index is 0.0207. The highest BCUT2D eigenvalue weighted by atomic mass is 32.2. The first-order chi connectivity index (χ1) is 13.8. The van der Waals surface area contributed by atoms with Crippen molar-refractivity contribution in [2.24, 2.45) is 11.8 Å². The standard InChI is InChI=1S/C22H27NO4S2/c1-14-17(20(2)13-22(21(14,3)27-20)28-9-10-29-22)18(24)23-16(12-26-19(23)25)11-15-7-5-4-6-8-15/h4-8,14,16-17H,9-13H2,1-3H3/t14-,16-,17+,20-,21-/m0/s1. The van der Waals surface area contributed by atoms with Crippen molar-refractivity contribution in [2.45, 2.75) is 54.9 Å². The normalized spacial score (nSPS) is 40.0. The molecule has 2 amide bonds. The van der Waals surface area contributed by atoms with Crippen LogP contribution in [0.1, 0.15) is 32.8 Å². The average Bonchev–Trinajstić information content (AvgIpc) is 3.38. The van der Waals surface area contributed by atoms with E-state index in [1.807, 2.05) is 53.9 Å². The lowest BCUT2D eigenvalue weighted by molar-refractivity contribution is -0.139. The van der Waals surface area contributed by atoms with Crippen molar-refractivity contribution >= 4 is 35.5 Å². The van der Waals surface area contributed by atoms with Gasteiger partial charge in [-0.05, 0) is 25.8 Å². The monoisotopic (exact) mass is 433 g/mol. The quantitative estimate of drug-likeness (QED) is 0.719. The number of ether oxygens (including phenoxy) is 2. The van der Waals surface area contributed by atoms with E-state index in [1.54, 1.807) is 0 Å². The summed E-state index contributed by atoms with van der Waals surface area (Å²) in [7, 11) is 0. The number of thioether (sulfide) groups is 2. The number of amides is 2. The summed E-state index contributed by atoms with van der Waals surface area (Å²) in [6.45, 7) is 6.62. The lowest BCUT2D eigenvalue weighted by atomic mass is 9.67. The Hall–Kier alpha value is -1.18. The Morgan fingerprint density at radius 2 is 1.90 bits per heavy atom. The van der Waals surface area contributed by atoms with E-state index in [9.17, 15) is 9.59 Å². The van der Waals surface area contributed by atoms with E-state index in [0.717, 1.165) is 23.5 Å². The number of cyclic esters (lactones) is 1. The number of carbonyl (C=O) groups is 2. The number of hydrogen-bond acceptors (Lipinski definition) is 6. The molecule has 4 saturated heterocycles. The van der Waals surface area contributed by atoms with E-state index in [2.05, 4.69) is 20.8 Å². The lowest BCUT2D eigenvalue weighted by Crippen LogP contribution is -2.56. The highest BCUT2D eigenvalue weighted by Gasteiger charge is 2.75. The Bertz CT molecular complexity index is 842. The van der Waals surface area contributed by atoms with Gasteiger partial charge in [0.15, 0.2) is 0 Å². The zero-order valence-electron chi connectivity index (χ0n) is 17.1. The largest absolute Gasteiger partial charge is 0.447 e. The molecule has 0 radical (unpaired) electrons. The van der Waals surface area contributed by atoms with Crippen LogP contribution in [0.3, 0.4) is 0 Å². The molecule has 0 aliphatic carbocycles. The third kappa shape index (κ3) is 2.73. The number of nitrogens with zero attached hydrogens (tertiary/aromatic N) is 1. The summed E-state index contributed by atoms with van der Waals surface area (Å²) in [5.41, 5.74) is 0.184. The first kappa shape index (κ1) is 19.8. The summed E-state index contributed by atoms with van der Waals surface area (Å²) in [6, 6.07) is 9.70. The molecule has 0 aromatic heterocycles. The molecule has 156 valence electrons. The summed E-state index contributed by atoms with van der Waals surface area (Å²) < 4.78 is 12.0. The molecule has 4 aliphatic rings. The van der Waals surface area contributed by atoms with Gasteiger partial charge in [0.25, 0.3) is 0 Å². The summed E-state index contributed by atoms with van der Waals surface area (Å²) in [5, 5.41) is 0. The Balaban J connectivity index is 1.42. The first-order valence-electron chi connectivity index (χ1n) is 10.3. The minimum Gasteiger partial charge on any atom is -0.447 e. The summed E-state index contributed by atoms with van der Waals surface area (Å²) in [4.78, 5) is 27.7. The van der Waals surface area contributed by atoms with Crippen LogP contribution in [-0.2, 0) is 20.7 Å². The van der Waals surface area contributed by atoms with E-state index in [0.29, 0.717) is 6.42 Å². The smallest absolute Gasteiger partial charge is 0.416 e. The molecular formula is C22H27NO4S2. The van der Waals surface area contributed by atoms with E-state index in [1.165, 1.54) is 4.90 Å². The molecular weight excluding hydrogens is 406 g/mol. The Morgan fingerprint density at radius 1 is 1.21 bits per heavy atom. The Labute approximate surface area is 180 Å².